The van der Waals surface area contributed by atoms with Gasteiger partial charge in [0.15, 0.2) is 0 Å². The molecule has 0 aliphatic carbocycles. The van der Waals surface area contributed by atoms with Gasteiger partial charge < -0.3 is 20.3 Å². The molecule has 0 bridgehead atoms. The Morgan fingerprint density at radius 3 is 2.43 bits per heavy atom. The number of amides is 2. The summed E-state index contributed by atoms with van der Waals surface area (Å²) in [5, 5.41) is 5.49. The van der Waals surface area contributed by atoms with Crippen molar-refractivity contribution in [2.75, 3.05) is 39.1 Å². The second-order valence-electron chi connectivity index (χ2n) is 4.84. The third-order valence-electron chi connectivity index (χ3n) is 2.72. The Labute approximate surface area is 125 Å². The fourth-order valence-corrected chi connectivity index (χ4v) is 1.68. The molecular formula is C15H23N3O3. The van der Waals surface area contributed by atoms with E-state index in [-0.39, 0.29) is 12.0 Å². The number of benzene rings is 1. The van der Waals surface area contributed by atoms with Gasteiger partial charge in [-0.15, -0.1) is 0 Å². The highest BCUT2D eigenvalue weighted by Crippen LogP contribution is 2.10. The van der Waals surface area contributed by atoms with Crippen LogP contribution in [-0.4, -0.2) is 50.7 Å². The topological polar surface area (TPSA) is 70.7 Å². The number of rotatable bonds is 7. The second kappa shape index (κ2) is 8.97. The molecule has 0 saturated heterocycles. The third-order valence-corrected chi connectivity index (χ3v) is 2.72. The lowest BCUT2D eigenvalue weighted by Gasteiger charge is -2.11. The van der Waals surface area contributed by atoms with Gasteiger partial charge >= 0.3 is 12.0 Å². The molecule has 1 rings (SSSR count). The van der Waals surface area contributed by atoms with Gasteiger partial charge in [-0.1, -0.05) is 0 Å². The predicted molar refractivity (Wildman–Crippen MR) is 82.6 cm³/mol. The molecule has 21 heavy (non-hydrogen) atoms. The lowest BCUT2D eigenvalue weighted by molar-refractivity contribution is 0.0526. The molecule has 2 amide bonds. The molecule has 1 aromatic carbocycles. The molecule has 6 heteroatoms. The maximum Gasteiger partial charge on any atom is 0.338 e. The average Bonchev–Trinajstić information content (AvgIpc) is 2.44. The van der Waals surface area contributed by atoms with E-state index < -0.39 is 0 Å². The van der Waals surface area contributed by atoms with E-state index in [1.807, 2.05) is 14.1 Å². The molecule has 0 radical (unpaired) electrons. The van der Waals surface area contributed by atoms with Crippen molar-refractivity contribution in [1.82, 2.24) is 10.2 Å². The van der Waals surface area contributed by atoms with Crippen LogP contribution in [0.4, 0.5) is 10.5 Å². The van der Waals surface area contributed by atoms with Crippen LogP contribution in [0.2, 0.25) is 0 Å². The molecule has 0 saturated carbocycles. The van der Waals surface area contributed by atoms with E-state index >= 15 is 0 Å². The van der Waals surface area contributed by atoms with Crippen LogP contribution in [0.15, 0.2) is 24.3 Å². The molecule has 0 atom stereocenters. The highest BCUT2D eigenvalue weighted by molar-refractivity contribution is 5.92. The van der Waals surface area contributed by atoms with Gasteiger partial charge in [-0.25, -0.2) is 9.59 Å². The summed E-state index contributed by atoms with van der Waals surface area (Å²) in [6.45, 7) is 3.64. The lowest BCUT2D eigenvalue weighted by Crippen LogP contribution is -2.31. The molecule has 1 aromatic rings. The van der Waals surface area contributed by atoms with Crippen molar-refractivity contribution in [2.24, 2.45) is 0 Å². The Morgan fingerprint density at radius 1 is 1.19 bits per heavy atom. The SMILES string of the molecule is CCOC(=O)c1ccc(NC(=O)NCCCN(C)C)cc1. The summed E-state index contributed by atoms with van der Waals surface area (Å²) < 4.78 is 4.89. The Balaban J connectivity index is 2.37. The van der Waals surface area contributed by atoms with Gasteiger partial charge in [0.05, 0.1) is 12.2 Å². The average molecular weight is 293 g/mol. The monoisotopic (exact) mass is 293 g/mol. The first-order valence-corrected chi connectivity index (χ1v) is 6.99. The summed E-state index contributed by atoms with van der Waals surface area (Å²) in [4.78, 5) is 25.2. The molecule has 0 fully saturated rings. The molecule has 2 N–H and O–H groups in total. The minimum atomic E-state index is -0.364. The first-order valence-electron chi connectivity index (χ1n) is 6.99. The number of carbonyl (C=O) groups excluding carboxylic acids is 2. The summed E-state index contributed by atoms with van der Waals surface area (Å²) in [6, 6.07) is 6.34. The van der Waals surface area contributed by atoms with Crippen LogP contribution in [0.25, 0.3) is 0 Å². The van der Waals surface area contributed by atoms with Crippen LogP contribution in [0.3, 0.4) is 0 Å². The Kier molecular flexibility index (Phi) is 7.25. The quantitative estimate of drug-likeness (QED) is 0.595. The number of esters is 1. The predicted octanol–water partition coefficient (Wildman–Crippen LogP) is 1.94. The number of hydrogen-bond acceptors (Lipinski definition) is 4. The third kappa shape index (κ3) is 6.76. The largest absolute Gasteiger partial charge is 0.462 e. The number of hydrogen-bond donors (Lipinski definition) is 2. The van der Waals surface area contributed by atoms with Crippen molar-refractivity contribution in [3.05, 3.63) is 29.8 Å². The highest BCUT2D eigenvalue weighted by atomic mass is 16.5. The molecule has 0 aliphatic heterocycles. The van der Waals surface area contributed by atoms with Crippen molar-refractivity contribution in [3.63, 3.8) is 0 Å². The van der Waals surface area contributed by atoms with Gasteiger partial charge in [0.25, 0.3) is 0 Å². The van der Waals surface area contributed by atoms with Gasteiger partial charge in [-0.2, -0.15) is 0 Å². The molecule has 0 unspecified atom stereocenters. The van der Waals surface area contributed by atoms with Crippen molar-refractivity contribution >= 4 is 17.7 Å². The summed E-state index contributed by atoms with van der Waals surface area (Å²) in [5.41, 5.74) is 1.10. The zero-order valence-corrected chi connectivity index (χ0v) is 12.8. The van der Waals surface area contributed by atoms with Gasteiger partial charge in [-0.05, 0) is 58.3 Å². The highest BCUT2D eigenvalue weighted by Gasteiger charge is 2.06. The van der Waals surface area contributed by atoms with E-state index in [0.717, 1.165) is 13.0 Å². The zero-order valence-electron chi connectivity index (χ0n) is 12.8. The summed E-state index contributed by atoms with van der Waals surface area (Å²) in [5.74, 6) is -0.364. The van der Waals surface area contributed by atoms with Crippen LogP contribution < -0.4 is 10.6 Å². The number of urea groups is 1. The van der Waals surface area contributed by atoms with E-state index in [4.69, 9.17) is 4.74 Å². The van der Waals surface area contributed by atoms with Crippen LogP contribution in [0, 0.1) is 0 Å². The van der Waals surface area contributed by atoms with Crippen molar-refractivity contribution < 1.29 is 14.3 Å². The van der Waals surface area contributed by atoms with Crippen LogP contribution in [0.1, 0.15) is 23.7 Å². The molecule has 6 nitrogen and oxygen atoms in total. The van der Waals surface area contributed by atoms with E-state index in [1.54, 1.807) is 31.2 Å². The molecule has 0 spiro atoms. The molecular weight excluding hydrogens is 270 g/mol. The van der Waals surface area contributed by atoms with Gasteiger partial charge in [-0.3, -0.25) is 0 Å². The van der Waals surface area contributed by atoms with Gasteiger partial charge in [0.2, 0.25) is 0 Å². The molecule has 116 valence electrons. The Hall–Kier alpha value is -2.08. The number of anilines is 1. The van der Waals surface area contributed by atoms with E-state index in [0.29, 0.717) is 24.4 Å². The van der Waals surface area contributed by atoms with Crippen LogP contribution in [-0.2, 0) is 4.74 Å². The Morgan fingerprint density at radius 2 is 1.86 bits per heavy atom. The molecule has 0 heterocycles. The van der Waals surface area contributed by atoms with Gasteiger partial charge in [0, 0.05) is 12.2 Å². The minimum Gasteiger partial charge on any atom is -0.462 e. The van der Waals surface area contributed by atoms with E-state index in [1.165, 1.54) is 0 Å². The standard InChI is InChI=1S/C15H23N3O3/c1-4-21-14(19)12-6-8-13(9-7-12)17-15(20)16-10-5-11-18(2)3/h6-9H,4-5,10-11H2,1-3H3,(H2,16,17,20). The minimum absolute atomic E-state index is 0.252. The maximum absolute atomic E-state index is 11.7. The first-order chi connectivity index (χ1) is 10.0. The summed E-state index contributed by atoms with van der Waals surface area (Å²) in [6.07, 6.45) is 0.891. The smallest absolute Gasteiger partial charge is 0.338 e. The van der Waals surface area contributed by atoms with Crippen molar-refractivity contribution in [1.29, 1.82) is 0 Å². The maximum atomic E-state index is 11.7. The normalized spacial score (nSPS) is 10.3. The van der Waals surface area contributed by atoms with Crippen molar-refractivity contribution in [2.45, 2.75) is 13.3 Å². The van der Waals surface area contributed by atoms with Crippen LogP contribution in [0.5, 0.6) is 0 Å². The number of nitrogens with zero attached hydrogens (tertiary/aromatic N) is 1. The summed E-state index contributed by atoms with van der Waals surface area (Å²) >= 11 is 0. The Bertz CT molecular complexity index is 458. The number of ether oxygens (including phenoxy) is 1. The fourth-order valence-electron chi connectivity index (χ4n) is 1.68. The number of carbonyl (C=O) groups is 2. The zero-order chi connectivity index (χ0) is 15.7. The fraction of sp³-hybridized carbons (Fsp3) is 0.467. The number of nitrogens with one attached hydrogen (secondary N) is 2. The first kappa shape index (κ1) is 17.0. The lowest BCUT2D eigenvalue weighted by atomic mass is 10.2. The van der Waals surface area contributed by atoms with Gasteiger partial charge in [0.1, 0.15) is 0 Å². The second-order valence-corrected chi connectivity index (χ2v) is 4.84. The van der Waals surface area contributed by atoms with E-state index in [2.05, 4.69) is 15.5 Å². The summed E-state index contributed by atoms with van der Waals surface area (Å²) in [7, 11) is 3.98. The molecule has 0 aliphatic rings. The molecule has 0 aromatic heterocycles. The van der Waals surface area contributed by atoms with Crippen LogP contribution >= 0.6 is 0 Å². The van der Waals surface area contributed by atoms with E-state index in [9.17, 15) is 9.59 Å². The van der Waals surface area contributed by atoms with Crippen molar-refractivity contribution in [3.8, 4) is 0 Å².